The lowest BCUT2D eigenvalue weighted by molar-refractivity contribution is -0.123. The lowest BCUT2D eigenvalue weighted by Gasteiger charge is -2.19. The maximum atomic E-state index is 13.3. The van der Waals surface area contributed by atoms with Gasteiger partial charge < -0.3 is 10.1 Å². The third-order valence-corrected chi connectivity index (χ3v) is 3.11. The zero-order valence-corrected chi connectivity index (χ0v) is 12.9. The Morgan fingerprint density at radius 3 is 2.86 bits per heavy atom. The number of ether oxygens (including phenoxy) is 1. The highest BCUT2D eigenvalue weighted by Crippen LogP contribution is 2.15. The van der Waals surface area contributed by atoms with Crippen LogP contribution in [0.3, 0.4) is 0 Å². The summed E-state index contributed by atoms with van der Waals surface area (Å²) in [6.45, 7) is 7.52. The van der Waals surface area contributed by atoms with Crippen LogP contribution in [0.25, 0.3) is 0 Å². The molecule has 118 valence electrons. The van der Waals surface area contributed by atoms with E-state index in [1.807, 2.05) is 13.8 Å². The Balaban J connectivity index is 2.29. The van der Waals surface area contributed by atoms with Crippen molar-refractivity contribution in [2.45, 2.75) is 20.8 Å². The number of benzene rings is 1. The van der Waals surface area contributed by atoms with Crippen LogP contribution in [-0.2, 0) is 4.79 Å². The van der Waals surface area contributed by atoms with Crippen LogP contribution in [0, 0.1) is 18.7 Å². The van der Waals surface area contributed by atoms with E-state index in [-0.39, 0.29) is 24.2 Å². The minimum Gasteiger partial charge on any atom is -0.484 e. The molecule has 0 aliphatic heterocycles. The number of amides is 1. The fourth-order valence-corrected chi connectivity index (χ4v) is 1.75. The van der Waals surface area contributed by atoms with Crippen LogP contribution in [-0.4, -0.2) is 37.2 Å². The summed E-state index contributed by atoms with van der Waals surface area (Å²) in [5.41, 5.74) is 0.544. The number of rotatable bonds is 8. The average molecular weight is 297 g/mol. The molecule has 1 aromatic rings. The molecular formula is C15H24FN3O2. The van der Waals surface area contributed by atoms with Crippen molar-refractivity contribution >= 4 is 5.91 Å². The van der Waals surface area contributed by atoms with E-state index in [4.69, 9.17) is 10.6 Å². The first-order valence-corrected chi connectivity index (χ1v) is 7.07. The molecule has 0 saturated heterocycles. The minimum atomic E-state index is -0.343. The van der Waals surface area contributed by atoms with Crippen LogP contribution in [0.5, 0.6) is 5.75 Å². The van der Waals surface area contributed by atoms with Gasteiger partial charge in [-0.15, -0.1) is 0 Å². The summed E-state index contributed by atoms with van der Waals surface area (Å²) in [6.07, 6.45) is 0. The van der Waals surface area contributed by atoms with Crippen LogP contribution in [0.2, 0.25) is 0 Å². The lowest BCUT2D eigenvalue weighted by atomic mass is 10.2. The third-order valence-electron chi connectivity index (χ3n) is 3.11. The topological polar surface area (TPSA) is 67.6 Å². The van der Waals surface area contributed by atoms with Crippen molar-refractivity contribution < 1.29 is 13.9 Å². The van der Waals surface area contributed by atoms with E-state index in [2.05, 4.69) is 5.32 Å². The normalized spacial score (nSPS) is 12.3. The molecular weight excluding hydrogens is 273 g/mol. The number of nitrogens with two attached hydrogens (primary N) is 1. The first-order chi connectivity index (χ1) is 9.92. The van der Waals surface area contributed by atoms with Gasteiger partial charge in [-0.05, 0) is 24.5 Å². The SMILES string of the molecule is CCN(N)CC(C)CNC(=O)COc1ccc(C)c(F)c1. The van der Waals surface area contributed by atoms with Gasteiger partial charge in [0.1, 0.15) is 11.6 Å². The molecule has 1 amide bonds. The number of hydrogen-bond acceptors (Lipinski definition) is 4. The van der Waals surface area contributed by atoms with Crippen molar-refractivity contribution in [1.29, 1.82) is 0 Å². The molecule has 6 heteroatoms. The van der Waals surface area contributed by atoms with Gasteiger partial charge in [-0.25, -0.2) is 9.40 Å². The van der Waals surface area contributed by atoms with E-state index in [0.29, 0.717) is 24.4 Å². The zero-order valence-electron chi connectivity index (χ0n) is 12.9. The van der Waals surface area contributed by atoms with Crippen molar-refractivity contribution in [1.82, 2.24) is 10.3 Å². The molecule has 21 heavy (non-hydrogen) atoms. The van der Waals surface area contributed by atoms with Gasteiger partial charge >= 0.3 is 0 Å². The summed E-state index contributed by atoms with van der Waals surface area (Å²) in [4.78, 5) is 11.7. The van der Waals surface area contributed by atoms with Gasteiger partial charge in [-0.1, -0.05) is 19.9 Å². The highest BCUT2D eigenvalue weighted by atomic mass is 19.1. The zero-order chi connectivity index (χ0) is 15.8. The highest BCUT2D eigenvalue weighted by molar-refractivity contribution is 5.77. The molecule has 1 unspecified atom stereocenters. The number of nitrogens with zero attached hydrogens (tertiary/aromatic N) is 1. The molecule has 1 atom stereocenters. The van der Waals surface area contributed by atoms with E-state index in [9.17, 15) is 9.18 Å². The third kappa shape index (κ3) is 6.55. The molecule has 0 saturated carbocycles. The number of hydrazine groups is 1. The lowest BCUT2D eigenvalue weighted by Crippen LogP contribution is -2.40. The van der Waals surface area contributed by atoms with Crippen molar-refractivity contribution in [2.75, 3.05) is 26.2 Å². The summed E-state index contributed by atoms with van der Waals surface area (Å²) in [5.74, 6) is 5.72. The largest absolute Gasteiger partial charge is 0.484 e. The number of hydrogen-bond donors (Lipinski definition) is 2. The fraction of sp³-hybridized carbons (Fsp3) is 0.533. The van der Waals surface area contributed by atoms with E-state index in [0.717, 1.165) is 6.54 Å². The second kappa shape index (κ2) is 8.59. The number of nitrogens with one attached hydrogen (secondary N) is 1. The van der Waals surface area contributed by atoms with Gasteiger partial charge in [0, 0.05) is 25.7 Å². The predicted octanol–water partition coefficient (Wildman–Crippen LogP) is 1.46. The number of halogens is 1. The Kier molecular flexibility index (Phi) is 7.11. The van der Waals surface area contributed by atoms with Crippen molar-refractivity contribution in [2.24, 2.45) is 11.8 Å². The molecule has 0 heterocycles. The van der Waals surface area contributed by atoms with Crippen molar-refractivity contribution in [3.63, 3.8) is 0 Å². The summed E-state index contributed by atoms with van der Waals surface area (Å²) in [5, 5.41) is 4.47. The average Bonchev–Trinajstić information content (AvgIpc) is 2.46. The molecule has 0 spiro atoms. The van der Waals surface area contributed by atoms with Crippen molar-refractivity contribution in [3.05, 3.63) is 29.6 Å². The Morgan fingerprint density at radius 1 is 1.52 bits per heavy atom. The van der Waals surface area contributed by atoms with E-state index >= 15 is 0 Å². The Bertz CT molecular complexity index is 468. The molecule has 0 fully saturated rings. The summed E-state index contributed by atoms with van der Waals surface area (Å²) in [7, 11) is 0. The summed E-state index contributed by atoms with van der Waals surface area (Å²) >= 11 is 0. The first kappa shape index (κ1) is 17.4. The summed E-state index contributed by atoms with van der Waals surface area (Å²) in [6, 6.07) is 4.53. The molecule has 0 aromatic heterocycles. The standard InChI is InChI=1S/C15H24FN3O2/c1-4-19(17)9-11(2)8-18-15(20)10-21-13-6-5-12(3)14(16)7-13/h5-7,11H,4,8-10,17H2,1-3H3,(H,18,20). The summed E-state index contributed by atoms with van der Waals surface area (Å²) < 4.78 is 18.6. The fourth-order valence-electron chi connectivity index (χ4n) is 1.75. The molecule has 0 aliphatic carbocycles. The molecule has 1 rings (SSSR count). The van der Waals surface area contributed by atoms with Crippen LogP contribution in [0.1, 0.15) is 19.4 Å². The van der Waals surface area contributed by atoms with Crippen molar-refractivity contribution in [3.8, 4) is 5.75 Å². The highest BCUT2D eigenvalue weighted by Gasteiger charge is 2.09. The maximum Gasteiger partial charge on any atom is 0.257 e. The van der Waals surface area contributed by atoms with Crippen LogP contribution in [0.4, 0.5) is 4.39 Å². The molecule has 0 bridgehead atoms. The smallest absolute Gasteiger partial charge is 0.257 e. The van der Waals surface area contributed by atoms with Gasteiger partial charge in [0.05, 0.1) is 0 Å². The quantitative estimate of drug-likeness (QED) is 0.563. The van der Waals surface area contributed by atoms with E-state index in [1.165, 1.54) is 6.07 Å². The van der Waals surface area contributed by atoms with E-state index < -0.39 is 0 Å². The Labute approximate surface area is 125 Å². The van der Waals surface area contributed by atoms with E-state index in [1.54, 1.807) is 24.1 Å². The minimum absolute atomic E-state index is 0.130. The van der Waals surface area contributed by atoms with Gasteiger partial charge in [-0.2, -0.15) is 0 Å². The second-order valence-corrected chi connectivity index (χ2v) is 5.20. The van der Waals surface area contributed by atoms with Gasteiger partial charge in [0.15, 0.2) is 6.61 Å². The van der Waals surface area contributed by atoms with Crippen LogP contribution >= 0.6 is 0 Å². The first-order valence-electron chi connectivity index (χ1n) is 7.07. The molecule has 0 radical (unpaired) electrons. The molecule has 1 aromatic carbocycles. The Hall–Kier alpha value is -1.66. The molecule has 3 N–H and O–H groups in total. The molecule has 5 nitrogen and oxygen atoms in total. The number of aryl methyl sites for hydroxylation is 1. The van der Waals surface area contributed by atoms with Crippen LogP contribution in [0.15, 0.2) is 18.2 Å². The van der Waals surface area contributed by atoms with Gasteiger partial charge in [0.2, 0.25) is 0 Å². The van der Waals surface area contributed by atoms with Gasteiger partial charge in [-0.3, -0.25) is 10.6 Å². The number of carbonyl (C=O) groups is 1. The maximum absolute atomic E-state index is 13.3. The van der Waals surface area contributed by atoms with Crippen LogP contribution < -0.4 is 15.9 Å². The Morgan fingerprint density at radius 2 is 2.24 bits per heavy atom. The number of carbonyl (C=O) groups excluding carboxylic acids is 1. The molecule has 0 aliphatic rings. The van der Waals surface area contributed by atoms with Gasteiger partial charge in [0.25, 0.3) is 5.91 Å². The monoisotopic (exact) mass is 297 g/mol. The second-order valence-electron chi connectivity index (χ2n) is 5.20. The predicted molar refractivity (Wildman–Crippen MR) is 80.2 cm³/mol.